The molecule has 1 aliphatic rings. The minimum atomic E-state index is 0.358. The lowest BCUT2D eigenvalue weighted by Crippen LogP contribution is -2.21. The van der Waals surface area contributed by atoms with Gasteiger partial charge in [-0.25, -0.2) is 0 Å². The second-order valence-corrected chi connectivity index (χ2v) is 13.5. The molecular formula is C24H18Cl2S5. The Morgan fingerprint density at radius 3 is 1.42 bits per heavy atom. The number of thioether (sulfide) groups is 3. The summed E-state index contributed by atoms with van der Waals surface area (Å²) in [5.41, 5.74) is 0. The topological polar surface area (TPSA) is 0 Å². The van der Waals surface area contributed by atoms with Crippen LogP contribution in [0.2, 0.25) is 10.0 Å². The molecule has 0 radical (unpaired) electrons. The zero-order valence-corrected chi connectivity index (χ0v) is 21.8. The van der Waals surface area contributed by atoms with Crippen molar-refractivity contribution in [3.05, 3.63) is 103 Å². The largest absolute Gasteiger partial charge is 0.148 e. The summed E-state index contributed by atoms with van der Waals surface area (Å²) in [6, 6.07) is 25.3. The molecule has 7 heteroatoms. The summed E-state index contributed by atoms with van der Waals surface area (Å²) in [5, 5.41) is 7.52. The van der Waals surface area contributed by atoms with Crippen LogP contribution in [0.15, 0.2) is 93.3 Å². The van der Waals surface area contributed by atoms with Gasteiger partial charge in [0, 0.05) is 30.0 Å². The Morgan fingerprint density at radius 1 is 0.581 bits per heavy atom. The minimum absolute atomic E-state index is 0.358. The highest BCUT2D eigenvalue weighted by Crippen LogP contribution is 2.63. The molecule has 2 aromatic heterocycles. The molecule has 4 atom stereocenters. The lowest BCUT2D eigenvalue weighted by Gasteiger charge is -2.25. The summed E-state index contributed by atoms with van der Waals surface area (Å²) in [6.45, 7) is 0. The quantitative estimate of drug-likeness (QED) is 0.240. The monoisotopic (exact) mass is 536 g/mol. The Kier molecular flexibility index (Phi) is 7.30. The number of hydrogen-bond donors (Lipinski definition) is 0. The number of hydrogen-bond acceptors (Lipinski definition) is 5. The molecule has 3 heterocycles. The van der Waals surface area contributed by atoms with Gasteiger partial charge in [-0.1, -0.05) is 59.6 Å². The molecule has 0 nitrogen and oxygen atoms in total. The van der Waals surface area contributed by atoms with Crippen LogP contribution in [-0.2, 0) is 0 Å². The molecule has 0 aliphatic carbocycles. The SMILES string of the molecule is Clc1ccccc1SC1C(c2cccs2)SC(c2cccs2)C1Sc1ccccc1Cl. The van der Waals surface area contributed by atoms with E-state index in [2.05, 4.69) is 71.1 Å². The van der Waals surface area contributed by atoms with Crippen LogP contribution in [0.5, 0.6) is 0 Å². The van der Waals surface area contributed by atoms with Gasteiger partial charge in [-0.15, -0.1) is 58.0 Å². The third-order valence-electron chi connectivity index (χ3n) is 5.06. The molecule has 1 fully saturated rings. The average Bonchev–Trinajstić information content (AvgIpc) is 3.53. The highest BCUT2D eigenvalue weighted by atomic mass is 35.5. The summed E-state index contributed by atoms with van der Waals surface area (Å²) in [6.07, 6.45) is 0. The molecule has 0 spiro atoms. The second-order valence-electron chi connectivity index (χ2n) is 7.03. The van der Waals surface area contributed by atoms with E-state index in [0.29, 0.717) is 21.0 Å². The summed E-state index contributed by atoms with van der Waals surface area (Å²) in [7, 11) is 0. The van der Waals surface area contributed by atoms with Crippen LogP contribution in [0.4, 0.5) is 0 Å². The third kappa shape index (κ3) is 4.89. The number of thiophene rings is 2. The first-order chi connectivity index (χ1) is 15.2. The van der Waals surface area contributed by atoms with Gasteiger partial charge < -0.3 is 0 Å². The number of halogens is 2. The van der Waals surface area contributed by atoms with Gasteiger partial charge in [-0.05, 0) is 47.2 Å². The highest BCUT2D eigenvalue weighted by Gasteiger charge is 2.47. The predicted octanol–water partition coefficient (Wildman–Crippen LogP) is 9.97. The van der Waals surface area contributed by atoms with E-state index >= 15 is 0 Å². The molecule has 1 saturated heterocycles. The van der Waals surface area contributed by atoms with Gasteiger partial charge in [0.25, 0.3) is 0 Å². The van der Waals surface area contributed by atoms with Gasteiger partial charge in [0.1, 0.15) is 0 Å². The smallest absolute Gasteiger partial charge is 0.0541 e. The molecule has 1 aliphatic heterocycles. The van der Waals surface area contributed by atoms with Crippen molar-refractivity contribution in [3.8, 4) is 0 Å². The van der Waals surface area contributed by atoms with E-state index < -0.39 is 0 Å². The van der Waals surface area contributed by atoms with E-state index in [4.69, 9.17) is 23.2 Å². The van der Waals surface area contributed by atoms with E-state index in [-0.39, 0.29) is 0 Å². The Balaban J connectivity index is 1.57. The Labute approximate surface area is 213 Å². The first-order valence-corrected chi connectivity index (χ1v) is 15.0. The molecule has 158 valence electrons. The van der Waals surface area contributed by atoms with Gasteiger partial charge in [-0.2, -0.15) is 0 Å². The fraction of sp³-hybridized carbons (Fsp3) is 0.167. The molecule has 31 heavy (non-hydrogen) atoms. The van der Waals surface area contributed by atoms with Crippen LogP contribution in [0.1, 0.15) is 20.3 Å². The first-order valence-electron chi connectivity index (χ1n) is 9.75. The summed E-state index contributed by atoms with van der Waals surface area (Å²) >= 11 is 22.8. The van der Waals surface area contributed by atoms with Gasteiger partial charge in [0.05, 0.1) is 20.5 Å². The summed E-state index contributed by atoms with van der Waals surface area (Å²) in [5.74, 6) is 0. The van der Waals surface area contributed by atoms with Crippen molar-refractivity contribution in [3.63, 3.8) is 0 Å². The van der Waals surface area contributed by atoms with Crippen LogP contribution in [-0.4, -0.2) is 10.5 Å². The number of benzene rings is 2. The maximum absolute atomic E-state index is 6.59. The van der Waals surface area contributed by atoms with Crippen LogP contribution in [0.3, 0.4) is 0 Å². The van der Waals surface area contributed by atoms with Crippen molar-refractivity contribution in [2.45, 2.75) is 30.8 Å². The molecule has 5 rings (SSSR count). The molecule has 0 N–H and O–H groups in total. The van der Waals surface area contributed by atoms with Crippen LogP contribution >= 0.6 is 81.2 Å². The van der Waals surface area contributed by atoms with Gasteiger partial charge in [0.15, 0.2) is 0 Å². The van der Waals surface area contributed by atoms with Crippen LogP contribution in [0, 0.1) is 0 Å². The summed E-state index contributed by atoms with van der Waals surface area (Å²) in [4.78, 5) is 5.15. The van der Waals surface area contributed by atoms with E-state index in [9.17, 15) is 0 Å². The number of rotatable bonds is 6. The van der Waals surface area contributed by atoms with Crippen molar-refractivity contribution in [2.75, 3.05) is 0 Å². The lowest BCUT2D eigenvalue weighted by molar-refractivity contribution is 0.814. The molecular weight excluding hydrogens is 520 g/mol. The zero-order valence-electron chi connectivity index (χ0n) is 16.2. The molecule has 0 bridgehead atoms. The maximum atomic E-state index is 6.59. The Bertz CT molecular complexity index is 1040. The van der Waals surface area contributed by atoms with Crippen molar-refractivity contribution in [2.24, 2.45) is 0 Å². The Morgan fingerprint density at radius 2 is 1.03 bits per heavy atom. The van der Waals surface area contributed by atoms with E-state index in [0.717, 1.165) is 19.8 Å². The van der Waals surface area contributed by atoms with Gasteiger partial charge >= 0.3 is 0 Å². The maximum Gasteiger partial charge on any atom is 0.0541 e. The molecule has 2 aromatic carbocycles. The fourth-order valence-electron chi connectivity index (χ4n) is 3.65. The molecule has 4 aromatic rings. The first kappa shape index (κ1) is 22.3. The predicted molar refractivity (Wildman–Crippen MR) is 144 cm³/mol. The average molecular weight is 538 g/mol. The Hall–Kier alpha value is -0.530. The van der Waals surface area contributed by atoms with Crippen molar-refractivity contribution in [1.82, 2.24) is 0 Å². The van der Waals surface area contributed by atoms with Gasteiger partial charge in [-0.3, -0.25) is 0 Å². The van der Waals surface area contributed by atoms with Crippen molar-refractivity contribution in [1.29, 1.82) is 0 Å². The fourth-order valence-corrected chi connectivity index (χ4v) is 11.6. The highest BCUT2D eigenvalue weighted by molar-refractivity contribution is 8.08. The normalized spacial score (nSPS) is 23.3. The van der Waals surface area contributed by atoms with Crippen molar-refractivity contribution >= 4 is 81.2 Å². The molecule has 0 amide bonds. The molecule has 4 unspecified atom stereocenters. The zero-order chi connectivity index (χ0) is 21.2. The lowest BCUT2D eigenvalue weighted by atomic mass is 10.1. The second kappa shape index (κ2) is 10.2. The standard InChI is InChI=1S/C24H18Cl2S5/c25-15-7-1-3-9-17(15)29-23-21(19-11-5-13-27-19)31-22(20-12-6-14-28-20)24(23)30-18-10-4-2-8-16(18)26/h1-14,21-24H. The van der Waals surface area contributed by atoms with Crippen LogP contribution in [0.25, 0.3) is 0 Å². The minimum Gasteiger partial charge on any atom is -0.148 e. The van der Waals surface area contributed by atoms with Crippen LogP contribution < -0.4 is 0 Å². The third-order valence-corrected chi connectivity index (χ3v) is 13.2. The van der Waals surface area contributed by atoms with E-state index in [1.54, 1.807) is 0 Å². The van der Waals surface area contributed by atoms with E-state index in [1.807, 2.05) is 70.5 Å². The van der Waals surface area contributed by atoms with Gasteiger partial charge in [0.2, 0.25) is 0 Å². The van der Waals surface area contributed by atoms with Crippen molar-refractivity contribution < 1.29 is 0 Å². The summed E-state index contributed by atoms with van der Waals surface area (Å²) < 4.78 is 0. The van der Waals surface area contributed by atoms with E-state index in [1.165, 1.54) is 9.75 Å². The molecule has 0 saturated carbocycles.